The van der Waals surface area contributed by atoms with E-state index in [1.807, 2.05) is 6.07 Å². The largest absolute Gasteiger partial charge is 0.385 e. The number of halogens is 2. The van der Waals surface area contributed by atoms with Gasteiger partial charge in [-0.2, -0.15) is 0 Å². The lowest BCUT2D eigenvalue weighted by molar-refractivity contribution is 0.192. The molecule has 0 radical (unpaired) electrons. The van der Waals surface area contributed by atoms with Gasteiger partial charge in [0.15, 0.2) is 0 Å². The lowest BCUT2D eigenvalue weighted by atomic mass is 10.1. The quantitative estimate of drug-likeness (QED) is 0.776. The van der Waals surface area contributed by atoms with Crippen molar-refractivity contribution in [1.82, 2.24) is 5.32 Å². The van der Waals surface area contributed by atoms with Gasteiger partial charge in [-0.1, -0.05) is 22.0 Å². The Kier molecular flexibility index (Phi) is 6.70. The summed E-state index contributed by atoms with van der Waals surface area (Å²) >= 11 is 3.38. The van der Waals surface area contributed by atoms with Gasteiger partial charge in [-0.3, -0.25) is 0 Å². The predicted molar refractivity (Wildman–Crippen MR) is 71.6 cm³/mol. The lowest BCUT2D eigenvalue weighted by Gasteiger charge is -2.15. The fraction of sp³-hybridized carbons (Fsp3) is 0.538. The van der Waals surface area contributed by atoms with Crippen molar-refractivity contribution >= 4 is 15.9 Å². The lowest BCUT2D eigenvalue weighted by Crippen LogP contribution is -2.20. The topological polar surface area (TPSA) is 21.3 Å². The summed E-state index contributed by atoms with van der Waals surface area (Å²) in [6.45, 7) is 3.82. The number of benzene rings is 1. The molecular weight excluding hydrogens is 285 g/mol. The van der Waals surface area contributed by atoms with Gasteiger partial charge in [0.05, 0.1) is 0 Å². The highest BCUT2D eigenvalue weighted by molar-refractivity contribution is 9.10. The number of hydrogen-bond acceptors (Lipinski definition) is 2. The summed E-state index contributed by atoms with van der Waals surface area (Å²) in [5.41, 5.74) is 1.08. The Balaban J connectivity index is 2.38. The fourth-order valence-electron chi connectivity index (χ4n) is 1.65. The summed E-state index contributed by atoms with van der Waals surface area (Å²) in [5, 5.41) is 3.41. The Morgan fingerprint density at radius 3 is 2.82 bits per heavy atom. The number of unbranched alkanes of at least 4 members (excludes halogenated alkanes) is 1. The summed E-state index contributed by atoms with van der Waals surface area (Å²) < 4.78 is 18.7. The molecule has 2 nitrogen and oxygen atoms in total. The molecule has 1 aromatic carbocycles. The van der Waals surface area contributed by atoms with Crippen molar-refractivity contribution < 1.29 is 9.13 Å². The van der Waals surface area contributed by atoms with E-state index in [4.69, 9.17) is 4.74 Å². The highest BCUT2D eigenvalue weighted by atomic mass is 79.9. The van der Waals surface area contributed by atoms with Gasteiger partial charge in [-0.25, -0.2) is 4.39 Å². The molecule has 0 saturated heterocycles. The van der Waals surface area contributed by atoms with Crippen LogP contribution in [-0.4, -0.2) is 20.3 Å². The molecule has 0 aromatic heterocycles. The molecule has 0 aliphatic heterocycles. The van der Waals surface area contributed by atoms with Crippen molar-refractivity contribution in [1.29, 1.82) is 0 Å². The number of rotatable bonds is 7. The molecule has 4 heteroatoms. The summed E-state index contributed by atoms with van der Waals surface area (Å²) in [6.07, 6.45) is 2.14. The maximum absolute atomic E-state index is 12.9. The first-order chi connectivity index (χ1) is 8.15. The molecule has 0 amide bonds. The van der Waals surface area contributed by atoms with E-state index in [-0.39, 0.29) is 11.9 Å². The smallest absolute Gasteiger partial charge is 0.124 e. The second-order valence-electron chi connectivity index (χ2n) is 4.04. The van der Waals surface area contributed by atoms with E-state index in [2.05, 4.69) is 28.2 Å². The molecule has 0 aliphatic rings. The van der Waals surface area contributed by atoms with Crippen LogP contribution >= 0.6 is 15.9 Å². The highest BCUT2D eigenvalue weighted by Crippen LogP contribution is 2.24. The monoisotopic (exact) mass is 303 g/mol. The molecule has 1 atom stereocenters. The van der Waals surface area contributed by atoms with Crippen molar-refractivity contribution in [3.05, 3.63) is 34.1 Å². The van der Waals surface area contributed by atoms with Gasteiger partial charge in [-0.15, -0.1) is 0 Å². The Hall–Kier alpha value is -0.450. The van der Waals surface area contributed by atoms with Gasteiger partial charge < -0.3 is 10.1 Å². The van der Waals surface area contributed by atoms with Crippen molar-refractivity contribution in [3.8, 4) is 0 Å². The Morgan fingerprint density at radius 1 is 1.41 bits per heavy atom. The molecule has 0 saturated carbocycles. The van der Waals surface area contributed by atoms with Crippen LogP contribution in [0.5, 0.6) is 0 Å². The Morgan fingerprint density at radius 2 is 2.18 bits per heavy atom. The standard InChI is InChI=1S/C13H19BrFNO/c1-10(16-7-3-4-8-17-2)12-6-5-11(15)9-13(12)14/h5-6,9-10,16H,3-4,7-8H2,1-2H3. The predicted octanol–water partition coefficient (Wildman–Crippen LogP) is 3.67. The van der Waals surface area contributed by atoms with Gasteiger partial charge in [0.2, 0.25) is 0 Å². The van der Waals surface area contributed by atoms with Gasteiger partial charge in [0, 0.05) is 24.2 Å². The third kappa shape index (κ3) is 5.15. The zero-order valence-corrected chi connectivity index (χ0v) is 11.9. The van der Waals surface area contributed by atoms with Crippen LogP contribution < -0.4 is 5.32 Å². The zero-order valence-electron chi connectivity index (χ0n) is 10.3. The molecule has 17 heavy (non-hydrogen) atoms. The number of ether oxygens (including phenoxy) is 1. The molecule has 0 aliphatic carbocycles. The van der Waals surface area contributed by atoms with Crippen LogP contribution in [0.1, 0.15) is 31.4 Å². The SMILES string of the molecule is COCCCCNC(C)c1ccc(F)cc1Br. The summed E-state index contributed by atoms with van der Waals surface area (Å²) in [7, 11) is 1.71. The fourth-order valence-corrected chi connectivity index (χ4v) is 2.35. The van der Waals surface area contributed by atoms with Crippen molar-refractivity contribution in [2.75, 3.05) is 20.3 Å². The second-order valence-corrected chi connectivity index (χ2v) is 4.90. The Bertz CT molecular complexity index is 346. The molecule has 0 heterocycles. The minimum atomic E-state index is -0.215. The molecule has 96 valence electrons. The van der Waals surface area contributed by atoms with E-state index >= 15 is 0 Å². The van der Waals surface area contributed by atoms with Gasteiger partial charge in [0.25, 0.3) is 0 Å². The van der Waals surface area contributed by atoms with E-state index in [0.29, 0.717) is 0 Å². The van der Waals surface area contributed by atoms with Crippen molar-refractivity contribution in [2.24, 2.45) is 0 Å². The van der Waals surface area contributed by atoms with Crippen LogP contribution in [0.25, 0.3) is 0 Å². The van der Waals surface area contributed by atoms with Gasteiger partial charge in [0.1, 0.15) is 5.82 Å². The maximum atomic E-state index is 12.9. The van der Waals surface area contributed by atoms with Crippen molar-refractivity contribution in [2.45, 2.75) is 25.8 Å². The van der Waals surface area contributed by atoms with E-state index in [1.165, 1.54) is 12.1 Å². The van der Waals surface area contributed by atoms with Gasteiger partial charge in [-0.05, 0) is 44.0 Å². The third-order valence-electron chi connectivity index (χ3n) is 2.65. The average molecular weight is 304 g/mol. The second kappa shape index (κ2) is 7.80. The first-order valence-corrected chi connectivity index (χ1v) is 6.61. The molecule has 0 fully saturated rings. The van der Waals surface area contributed by atoms with E-state index in [9.17, 15) is 4.39 Å². The highest BCUT2D eigenvalue weighted by Gasteiger charge is 2.08. The van der Waals surface area contributed by atoms with Crippen molar-refractivity contribution in [3.63, 3.8) is 0 Å². The van der Waals surface area contributed by atoms with Crippen LogP contribution in [-0.2, 0) is 4.74 Å². The molecule has 1 rings (SSSR count). The van der Waals surface area contributed by atoms with Crippen LogP contribution in [0.3, 0.4) is 0 Å². The first-order valence-electron chi connectivity index (χ1n) is 5.82. The zero-order chi connectivity index (χ0) is 12.7. The maximum Gasteiger partial charge on any atom is 0.124 e. The summed E-state index contributed by atoms with van der Waals surface area (Å²) in [4.78, 5) is 0. The van der Waals surface area contributed by atoms with Gasteiger partial charge >= 0.3 is 0 Å². The van der Waals surface area contributed by atoms with E-state index in [0.717, 1.165) is 36.0 Å². The number of nitrogens with one attached hydrogen (secondary N) is 1. The van der Waals surface area contributed by atoms with Crippen LogP contribution in [0.15, 0.2) is 22.7 Å². The van der Waals surface area contributed by atoms with Crippen LogP contribution in [0.2, 0.25) is 0 Å². The molecule has 1 aromatic rings. The Labute approximate surface area is 111 Å². The molecule has 0 spiro atoms. The molecular formula is C13H19BrFNO. The third-order valence-corrected chi connectivity index (χ3v) is 3.34. The average Bonchev–Trinajstić information content (AvgIpc) is 2.28. The molecule has 1 unspecified atom stereocenters. The van der Waals surface area contributed by atoms with E-state index in [1.54, 1.807) is 7.11 Å². The van der Waals surface area contributed by atoms with Crippen LogP contribution in [0, 0.1) is 5.82 Å². The molecule has 0 bridgehead atoms. The van der Waals surface area contributed by atoms with E-state index < -0.39 is 0 Å². The summed E-state index contributed by atoms with van der Waals surface area (Å²) in [5.74, 6) is -0.215. The minimum Gasteiger partial charge on any atom is -0.385 e. The molecule has 1 N–H and O–H groups in total. The minimum absolute atomic E-state index is 0.215. The first kappa shape index (κ1) is 14.6. The van der Waals surface area contributed by atoms with Crippen LogP contribution in [0.4, 0.5) is 4.39 Å². The normalized spacial score (nSPS) is 12.7. The summed E-state index contributed by atoms with van der Waals surface area (Å²) in [6, 6.07) is 5.01. The number of methoxy groups -OCH3 is 1. The number of hydrogen-bond donors (Lipinski definition) is 1.